The van der Waals surface area contributed by atoms with E-state index in [0.717, 1.165) is 26.1 Å². The number of hydrogen-bond acceptors (Lipinski definition) is 3. The zero-order chi connectivity index (χ0) is 14.5. The lowest BCUT2D eigenvalue weighted by atomic mass is 9.86. The highest BCUT2D eigenvalue weighted by atomic mass is 32.1. The number of nitrogens with one attached hydrogen (secondary N) is 1. The van der Waals surface area contributed by atoms with E-state index >= 15 is 0 Å². The summed E-state index contributed by atoms with van der Waals surface area (Å²) in [6, 6.07) is 4.95. The van der Waals surface area contributed by atoms with Gasteiger partial charge in [-0.3, -0.25) is 4.90 Å². The van der Waals surface area contributed by atoms with Crippen LogP contribution in [0.2, 0.25) is 0 Å². The summed E-state index contributed by atoms with van der Waals surface area (Å²) in [5, 5.41) is 3.72. The van der Waals surface area contributed by atoms with Gasteiger partial charge >= 0.3 is 0 Å². The molecule has 1 heterocycles. The van der Waals surface area contributed by atoms with E-state index in [1.54, 1.807) is 0 Å². The summed E-state index contributed by atoms with van der Waals surface area (Å²) >= 11 is 1.93. The van der Waals surface area contributed by atoms with Crippen molar-refractivity contribution in [1.82, 2.24) is 10.2 Å². The molecule has 19 heavy (non-hydrogen) atoms. The molecule has 3 heteroatoms. The van der Waals surface area contributed by atoms with Crippen LogP contribution in [0.4, 0.5) is 0 Å². The fraction of sp³-hybridized carbons (Fsp3) is 0.750. The lowest BCUT2D eigenvalue weighted by molar-refractivity contribution is 0.0717. The van der Waals surface area contributed by atoms with Gasteiger partial charge in [-0.05, 0) is 52.0 Å². The first kappa shape index (κ1) is 16.7. The molecule has 2 unspecified atom stereocenters. The number of hydrogen-bond donors (Lipinski definition) is 1. The van der Waals surface area contributed by atoms with Gasteiger partial charge in [-0.1, -0.05) is 27.7 Å². The summed E-state index contributed by atoms with van der Waals surface area (Å²) in [6.45, 7) is 16.9. The second-order valence-electron chi connectivity index (χ2n) is 5.32. The van der Waals surface area contributed by atoms with Crippen molar-refractivity contribution >= 4 is 11.3 Å². The Morgan fingerprint density at radius 2 is 1.84 bits per heavy atom. The highest BCUT2D eigenvalue weighted by molar-refractivity contribution is 7.12. The number of rotatable bonds is 8. The maximum absolute atomic E-state index is 3.72. The molecular weight excluding hydrogens is 252 g/mol. The van der Waals surface area contributed by atoms with E-state index in [0.29, 0.717) is 6.04 Å². The van der Waals surface area contributed by atoms with Crippen LogP contribution in [0.1, 0.15) is 56.8 Å². The van der Waals surface area contributed by atoms with Crippen molar-refractivity contribution in [3.63, 3.8) is 0 Å². The van der Waals surface area contributed by atoms with E-state index in [1.165, 1.54) is 9.75 Å². The molecule has 0 amide bonds. The largest absolute Gasteiger partial charge is 0.308 e. The van der Waals surface area contributed by atoms with Gasteiger partial charge in [0, 0.05) is 15.3 Å². The Hall–Kier alpha value is -0.380. The molecule has 0 spiro atoms. The number of aryl methyl sites for hydroxylation is 1. The van der Waals surface area contributed by atoms with Crippen LogP contribution in [-0.2, 0) is 0 Å². The minimum atomic E-state index is 0.177. The fourth-order valence-electron chi connectivity index (χ4n) is 3.00. The van der Waals surface area contributed by atoms with Gasteiger partial charge in [-0.25, -0.2) is 0 Å². The smallest absolute Gasteiger partial charge is 0.0599 e. The van der Waals surface area contributed by atoms with Gasteiger partial charge in [0.05, 0.1) is 6.04 Å². The second kappa shape index (κ2) is 7.41. The Morgan fingerprint density at radius 1 is 1.21 bits per heavy atom. The van der Waals surface area contributed by atoms with Crippen LogP contribution >= 0.6 is 11.3 Å². The predicted molar refractivity (Wildman–Crippen MR) is 87.1 cm³/mol. The molecule has 0 bridgehead atoms. The van der Waals surface area contributed by atoms with Crippen molar-refractivity contribution < 1.29 is 0 Å². The minimum Gasteiger partial charge on any atom is -0.308 e. The molecule has 0 aliphatic carbocycles. The molecule has 0 aliphatic rings. The minimum absolute atomic E-state index is 0.177. The Balaban J connectivity index is 3.13. The van der Waals surface area contributed by atoms with Crippen LogP contribution in [0, 0.1) is 6.92 Å². The van der Waals surface area contributed by atoms with Gasteiger partial charge < -0.3 is 5.32 Å². The Kier molecular flexibility index (Phi) is 6.51. The summed E-state index contributed by atoms with van der Waals surface area (Å²) in [6.07, 6.45) is 1.16. The molecule has 1 aromatic heterocycles. The van der Waals surface area contributed by atoms with Gasteiger partial charge in [0.2, 0.25) is 0 Å². The molecule has 110 valence electrons. The van der Waals surface area contributed by atoms with Crippen LogP contribution in [0.25, 0.3) is 0 Å². The predicted octanol–water partition coefficient (Wildman–Crippen LogP) is 4.22. The Bertz CT molecular complexity index is 371. The van der Waals surface area contributed by atoms with Gasteiger partial charge in [-0.15, -0.1) is 11.3 Å². The summed E-state index contributed by atoms with van der Waals surface area (Å²) < 4.78 is 0. The standard InChI is InChI=1S/C16H30N2S/c1-7-16(6,18(9-3)10-4)15(17-8-2)14-12-11-13(5)19-14/h11-12,15,17H,7-10H2,1-6H3. The molecule has 1 N–H and O–H groups in total. The van der Waals surface area contributed by atoms with Crippen molar-refractivity contribution in [3.05, 3.63) is 21.9 Å². The maximum atomic E-state index is 3.72. The normalized spacial score (nSPS) is 16.6. The SMILES string of the molecule is CCNC(c1ccc(C)s1)C(C)(CC)N(CC)CC. The molecule has 1 aromatic rings. The molecular formula is C16H30N2S. The van der Waals surface area contributed by atoms with E-state index in [2.05, 4.69) is 63.9 Å². The zero-order valence-electron chi connectivity index (χ0n) is 13.4. The monoisotopic (exact) mass is 282 g/mol. The summed E-state index contributed by atoms with van der Waals surface area (Å²) in [4.78, 5) is 5.46. The topological polar surface area (TPSA) is 15.3 Å². The third-order valence-electron chi connectivity index (χ3n) is 4.28. The van der Waals surface area contributed by atoms with Crippen molar-refractivity contribution in [3.8, 4) is 0 Å². The number of likely N-dealkylation sites (N-methyl/N-ethyl adjacent to an activating group) is 2. The third kappa shape index (κ3) is 3.59. The first-order valence-electron chi connectivity index (χ1n) is 7.58. The third-order valence-corrected chi connectivity index (χ3v) is 5.34. The molecule has 0 radical (unpaired) electrons. The van der Waals surface area contributed by atoms with Crippen LogP contribution in [-0.4, -0.2) is 30.1 Å². The van der Waals surface area contributed by atoms with Gasteiger partial charge in [0.15, 0.2) is 0 Å². The molecule has 0 fully saturated rings. The molecule has 0 aromatic carbocycles. The quantitative estimate of drug-likeness (QED) is 0.768. The van der Waals surface area contributed by atoms with E-state index in [4.69, 9.17) is 0 Å². The average Bonchev–Trinajstić information content (AvgIpc) is 2.83. The van der Waals surface area contributed by atoms with Gasteiger partial charge in [0.1, 0.15) is 0 Å². The Labute approximate surface area is 123 Å². The molecule has 2 nitrogen and oxygen atoms in total. The van der Waals surface area contributed by atoms with Gasteiger partial charge in [-0.2, -0.15) is 0 Å². The van der Waals surface area contributed by atoms with Crippen molar-refractivity contribution in [1.29, 1.82) is 0 Å². The highest BCUT2D eigenvalue weighted by Crippen LogP contribution is 2.37. The van der Waals surface area contributed by atoms with E-state index in [9.17, 15) is 0 Å². The Morgan fingerprint density at radius 3 is 2.21 bits per heavy atom. The van der Waals surface area contributed by atoms with E-state index < -0.39 is 0 Å². The van der Waals surface area contributed by atoms with Crippen LogP contribution in [0.3, 0.4) is 0 Å². The average molecular weight is 282 g/mol. The molecule has 0 saturated carbocycles. The number of nitrogens with zero attached hydrogens (tertiary/aromatic N) is 1. The van der Waals surface area contributed by atoms with Crippen molar-refractivity contribution in [2.45, 2.75) is 59.5 Å². The fourth-order valence-corrected chi connectivity index (χ4v) is 4.09. The number of thiophene rings is 1. The van der Waals surface area contributed by atoms with Crippen molar-refractivity contribution in [2.75, 3.05) is 19.6 Å². The molecule has 0 saturated heterocycles. The van der Waals surface area contributed by atoms with Crippen LogP contribution in [0.15, 0.2) is 12.1 Å². The maximum Gasteiger partial charge on any atom is 0.0599 e. The van der Waals surface area contributed by atoms with E-state index in [1.807, 2.05) is 11.3 Å². The first-order valence-corrected chi connectivity index (χ1v) is 8.39. The summed E-state index contributed by atoms with van der Waals surface area (Å²) in [5.74, 6) is 0. The lowest BCUT2D eigenvalue weighted by Gasteiger charge is -2.45. The summed E-state index contributed by atoms with van der Waals surface area (Å²) in [7, 11) is 0. The van der Waals surface area contributed by atoms with Crippen molar-refractivity contribution in [2.24, 2.45) is 0 Å². The molecule has 1 rings (SSSR count). The zero-order valence-corrected chi connectivity index (χ0v) is 14.2. The van der Waals surface area contributed by atoms with Crippen LogP contribution in [0.5, 0.6) is 0 Å². The van der Waals surface area contributed by atoms with E-state index in [-0.39, 0.29) is 5.54 Å². The van der Waals surface area contributed by atoms with Gasteiger partial charge in [0.25, 0.3) is 0 Å². The molecule has 2 atom stereocenters. The second-order valence-corrected chi connectivity index (χ2v) is 6.64. The lowest BCUT2D eigenvalue weighted by Crippen LogP contribution is -2.54. The summed E-state index contributed by atoms with van der Waals surface area (Å²) in [5.41, 5.74) is 0.177. The van der Waals surface area contributed by atoms with Crippen LogP contribution < -0.4 is 5.32 Å². The first-order chi connectivity index (χ1) is 9.03. The highest BCUT2D eigenvalue weighted by Gasteiger charge is 2.38. The molecule has 0 aliphatic heterocycles.